The second-order valence-electron chi connectivity index (χ2n) is 5.44. The second-order valence-corrected chi connectivity index (χ2v) is 5.44. The number of carbonyl (C=O) groups is 1. The van der Waals surface area contributed by atoms with Crippen molar-refractivity contribution < 1.29 is 15.0 Å². The topological polar surface area (TPSA) is 81.6 Å². The Hall–Kier alpha value is -2.69. The monoisotopic (exact) mass is 314 g/mol. The van der Waals surface area contributed by atoms with Gasteiger partial charge in [0.2, 0.25) is 0 Å². The van der Waals surface area contributed by atoms with Gasteiger partial charge in [-0.3, -0.25) is 0 Å². The number of carbonyl (C=O) groups excluding carboxylic acids is 1. The van der Waals surface area contributed by atoms with E-state index >= 15 is 0 Å². The molecule has 0 saturated carbocycles. The molecule has 2 aromatic rings. The molecular formula is C18H22N2O3. The molecule has 0 aliphatic rings. The Labute approximate surface area is 136 Å². The number of aromatic hydroxyl groups is 2. The molecule has 23 heavy (non-hydrogen) atoms. The number of amides is 2. The fourth-order valence-electron chi connectivity index (χ4n) is 2.33. The first kappa shape index (κ1) is 16.7. The molecule has 2 rings (SSSR count). The van der Waals surface area contributed by atoms with Gasteiger partial charge in [-0.15, -0.1) is 0 Å². The van der Waals surface area contributed by atoms with Gasteiger partial charge in [-0.05, 0) is 48.6 Å². The summed E-state index contributed by atoms with van der Waals surface area (Å²) in [6.45, 7) is 2.89. The van der Waals surface area contributed by atoms with Crippen LogP contribution < -0.4 is 10.6 Å². The van der Waals surface area contributed by atoms with Crippen LogP contribution in [-0.4, -0.2) is 29.3 Å². The van der Waals surface area contributed by atoms with Crippen molar-refractivity contribution in [3.8, 4) is 11.5 Å². The van der Waals surface area contributed by atoms with Crippen LogP contribution in [0.5, 0.6) is 11.5 Å². The SMILES string of the molecule is Cc1cc(O)c(O)cc1CCNC(=O)NCCc1ccccc1. The molecule has 2 aromatic carbocycles. The second kappa shape index (κ2) is 8.08. The predicted molar refractivity (Wildman–Crippen MR) is 89.8 cm³/mol. The summed E-state index contributed by atoms with van der Waals surface area (Å²) < 4.78 is 0. The standard InChI is InChI=1S/C18H22N2O3/c1-13-11-16(21)17(22)12-15(13)8-10-20-18(23)19-9-7-14-5-3-2-4-6-14/h2-6,11-12,21-22H,7-10H2,1H3,(H2,19,20,23). The number of hydrogen-bond donors (Lipinski definition) is 4. The van der Waals surface area contributed by atoms with Gasteiger partial charge < -0.3 is 20.8 Å². The highest BCUT2D eigenvalue weighted by atomic mass is 16.3. The Morgan fingerprint density at radius 3 is 2.26 bits per heavy atom. The van der Waals surface area contributed by atoms with E-state index in [0.29, 0.717) is 19.5 Å². The highest BCUT2D eigenvalue weighted by Gasteiger charge is 2.06. The van der Waals surface area contributed by atoms with Gasteiger partial charge >= 0.3 is 6.03 Å². The summed E-state index contributed by atoms with van der Waals surface area (Å²) in [6.07, 6.45) is 1.38. The molecule has 0 heterocycles. The predicted octanol–water partition coefficient (Wildman–Crippen LogP) is 2.49. The minimum Gasteiger partial charge on any atom is -0.504 e. The maximum absolute atomic E-state index is 11.7. The van der Waals surface area contributed by atoms with Crippen LogP contribution in [0.4, 0.5) is 4.79 Å². The third-order valence-electron chi connectivity index (χ3n) is 3.66. The van der Waals surface area contributed by atoms with E-state index in [0.717, 1.165) is 17.5 Å². The number of phenolic OH excluding ortho intramolecular Hbond substituents is 2. The Morgan fingerprint density at radius 1 is 0.957 bits per heavy atom. The zero-order valence-corrected chi connectivity index (χ0v) is 13.2. The van der Waals surface area contributed by atoms with Gasteiger partial charge in [-0.2, -0.15) is 0 Å². The molecular weight excluding hydrogens is 292 g/mol. The highest BCUT2D eigenvalue weighted by molar-refractivity contribution is 5.73. The number of benzene rings is 2. The van der Waals surface area contributed by atoms with E-state index in [1.165, 1.54) is 17.7 Å². The van der Waals surface area contributed by atoms with Crippen molar-refractivity contribution in [1.82, 2.24) is 10.6 Å². The fraction of sp³-hybridized carbons (Fsp3) is 0.278. The third kappa shape index (κ3) is 5.21. The van der Waals surface area contributed by atoms with Gasteiger partial charge in [-0.25, -0.2) is 4.79 Å². The Bertz CT molecular complexity index is 657. The molecule has 0 aliphatic heterocycles. The molecule has 0 atom stereocenters. The van der Waals surface area contributed by atoms with Crippen molar-refractivity contribution >= 4 is 6.03 Å². The van der Waals surface area contributed by atoms with Crippen LogP contribution in [0.25, 0.3) is 0 Å². The summed E-state index contributed by atoms with van der Waals surface area (Å²) in [7, 11) is 0. The summed E-state index contributed by atoms with van der Waals surface area (Å²) in [5.74, 6) is -0.268. The molecule has 122 valence electrons. The van der Waals surface area contributed by atoms with Gasteiger partial charge in [0, 0.05) is 13.1 Å². The Balaban J connectivity index is 1.70. The summed E-state index contributed by atoms with van der Waals surface area (Å²) in [4.78, 5) is 11.7. The van der Waals surface area contributed by atoms with E-state index in [9.17, 15) is 15.0 Å². The van der Waals surface area contributed by atoms with Gasteiger partial charge in [0.25, 0.3) is 0 Å². The first-order valence-electron chi connectivity index (χ1n) is 7.63. The van der Waals surface area contributed by atoms with Crippen LogP contribution in [-0.2, 0) is 12.8 Å². The maximum Gasteiger partial charge on any atom is 0.314 e. The first-order chi connectivity index (χ1) is 11.1. The number of nitrogens with one attached hydrogen (secondary N) is 2. The zero-order valence-electron chi connectivity index (χ0n) is 13.2. The number of urea groups is 1. The van der Waals surface area contributed by atoms with E-state index in [1.54, 1.807) is 0 Å². The number of hydrogen-bond acceptors (Lipinski definition) is 3. The Morgan fingerprint density at radius 2 is 1.57 bits per heavy atom. The molecule has 0 aromatic heterocycles. The quantitative estimate of drug-likeness (QED) is 0.618. The van der Waals surface area contributed by atoms with Crippen LogP contribution in [0.15, 0.2) is 42.5 Å². The van der Waals surface area contributed by atoms with Crippen LogP contribution in [0.2, 0.25) is 0 Å². The van der Waals surface area contributed by atoms with Crippen LogP contribution in [0.1, 0.15) is 16.7 Å². The molecule has 0 fully saturated rings. The largest absolute Gasteiger partial charge is 0.504 e. The van der Waals surface area contributed by atoms with Crippen molar-refractivity contribution in [2.75, 3.05) is 13.1 Å². The van der Waals surface area contributed by atoms with Crippen molar-refractivity contribution in [3.05, 3.63) is 59.2 Å². The summed E-state index contributed by atoms with van der Waals surface area (Å²) in [5.41, 5.74) is 2.96. The molecule has 0 saturated heterocycles. The summed E-state index contributed by atoms with van der Waals surface area (Å²) >= 11 is 0. The van der Waals surface area contributed by atoms with Crippen molar-refractivity contribution in [2.24, 2.45) is 0 Å². The normalized spacial score (nSPS) is 10.3. The van der Waals surface area contributed by atoms with Gasteiger partial charge in [-0.1, -0.05) is 30.3 Å². The van der Waals surface area contributed by atoms with Gasteiger partial charge in [0.15, 0.2) is 11.5 Å². The average Bonchev–Trinajstić information content (AvgIpc) is 2.53. The van der Waals surface area contributed by atoms with Crippen molar-refractivity contribution in [2.45, 2.75) is 19.8 Å². The third-order valence-corrected chi connectivity index (χ3v) is 3.66. The van der Waals surface area contributed by atoms with Crippen LogP contribution >= 0.6 is 0 Å². The van der Waals surface area contributed by atoms with E-state index < -0.39 is 0 Å². The minimum atomic E-state index is -0.207. The number of aryl methyl sites for hydroxylation is 1. The lowest BCUT2D eigenvalue weighted by Crippen LogP contribution is -2.37. The fourth-order valence-corrected chi connectivity index (χ4v) is 2.33. The van der Waals surface area contributed by atoms with Crippen LogP contribution in [0, 0.1) is 6.92 Å². The smallest absolute Gasteiger partial charge is 0.314 e. The zero-order chi connectivity index (χ0) is 16.7. The molecule has 5 nitrogen and oxygen atoms in total. The summed E-state index contributed by atoms with van der Waals surface area (Å²) in [6, 6.07) is 12.8. The average molecular weight is 314 g/mol. The van der Waals surface area contributed by atoms with Gasteiger partial charge in [0.05, 0.1) is 0 Å². The molecule has 0 unspecified atom stereocenters. The van der Waals surface area contributed by atoms with Crippen LogP contribution in [0.3, 0.4) is 0 Å². The van der Waals surface area contributed by atoms with Gasteiger partial charge in [0.1, 0.15) is 0 Å². The molecule has 0 aliphatic carbocycles. The van der Waals surface area contributed by atoms with E-state index in [-0.39, 0.29) is 17.5 Å². The Kier molecular flexibility index (Phi) is 5.86. The maximum atomic E-state index is 11.7. The molecule has 0 bridgehead atoms. The highest BCUT2D eigenvalue weighted by Crippen LogP contribution is 2.27. The number of rotatable bonds is 6. The lowest BCUT2D eigenvalue weighted by molar-refractivity contribution is 0.241. The lowest BCUT2D eigenvalue weighted by Gasteiger charge is -2.10. The van der Waals surface area contributed by atoms with E-state index in [2.05, 4.69) is 10.6 Å². The minimum absolute atomic E-state index is 0.127. The lowest BCUT2D eigenvalue weighted by atomic mass is 10.0. The number of phenols is 2. The van der Waals surface area contributed by atoms with Crippen molar-refractivity contribution in [3.63, 3.8) is 0 Å². The molecule has 2 amide bonds. The first-order valence-corrected chi connectivity index (χ1v) is 7.63. The summed E-state index contributed by atoms with van der Waals surface area (Å²) in [5, 5.41) is 24.5. The molecule has 4 N–H and O–H groups in total. The molecule has 5 heteroatoms. The van der Waals surface area contributed by atoms with E-state index in [4.69, 9.17) is 0 Å². The van der Waals surface area contributed by atoms with E-state index in [1.807, 2.05) is 37.3 Å². The molecule has 0 spiro atoms. The van der Waals surface area contributed by atoms with Crippen molar-refractivity contribution in [1.29, 1.82) is 0 Å². The molecule has 0 radical (unpaired) electrons.